The molecule has 0 saturated heterocycles. The molecule has 2 rings (SSSR count). The Morgan fingerprint density at radius 1 is 0.739 bits per heavy atom. The van der Waals surface area contributed by atoms with Crippen molar-refractivity contribution in [3.8, 4) is 5.75 Å². The Labute approximate surface area is 131 Å². The van der Waals surface area contributed by atoms with Gasteiger partial charge in [0.15, 0.2) is 0 Å². The van der Waals surface area contributed by atoms with E-state index in [1.807, 2.05) is 0 Å². The number of rotatable bonds is 4. The van der Waals surface area contributed by atoms with Crippen LogP contribution in [0.15, 0.2) is 58.3 Å². The summed E-state index contributed by atoms with van der Waals surface area (Å²) in [6.07, 6.45) is 0. The van der Waals surface area contributed by atoms with Gasteiger partial charge >= 0.3 is 5.97 Å². The highest BCUT2D eigenvalue weighted by Gasteiger charge is 2.14. The number of hydrogen-bond donors (Lipinski definition) is 2. The number of hydrogen-bond acceptors (Lipinski definition) is 6. The van der Waals surface area contributed by atoms with Gasteiger partial charge in [-0.2, -0.15) is 16.8 Å². The van der Waals surface area contributed by atoms with Gasteiger partial charge in [0.25, 0.3) is 20.2 Å². The Hall–Kier alpha value is -2.27. The van der Waals surface area contributed by atoms with Crippen LogP contribution in [0.1, 0.15) is 10.4 Å². The smallest absolute Gasteiger partial charge is 0.343 e. The molecule has 0 aliphatic heterocycles. The monoisotopic (exact) mass is 358 g/mol. The van der Waals surface area contributed by atoms with E-state index in [4.69, 9.17) is 13.8 Å². The quantitative estimate of drug-likeness (QED) is 0.476. The van der Waals surface area contributed by atoms with Crippen LogP contribution in [-0.4, -0.2) is 31.9 Å². The molecule has 0 unspecified atom stereocenters. The molecule has 2 N–H and O–H groups in total. The molecule has 23 heavy (non-hydrogen) atoms. The first kappa shape index (κ1) is 17.1. The summed E-state index contributed by atoms with van der Waals surface area (Å²) in [4.78, 5) is 11.1. The van der Waals surface area contributed by atoms with Crippen LogP contribution in [0.2, 0.25) is 0 Å². The minimum atomic E-state index is -4.36. The summed E-state index contributed by atoms with van der Waals surface area (Å²) in [7, 11) is -8.70. The van der Waals surface area contributed by atoms with Crippen molar-refractivity contribution in [1.29, 1.82) is 0 Å². The molecule has 0 atom stereocenters. The maximum absolute atomic E-state index is 11.9. The van der Waals surface area contributed by atoms with Gasteiger partial charge in [-0.05, 0) is 48.5 Å². The van der Waals surface area contributed by atoms with E-state index < -0.39 is 26.2 Å². The Morgan fingerprint density at radius 3 is 1.52 bits per heavy atom. The van der Waals surface area contributed by atoms with Crippen LogP contribution in [0.3, 0.4) is 0 Å². The number of esters is 1. The predicted octanol–water partition coefficient (Wildman–Crippen LogP) is 1.40. The van der Waals surface area contributed by atoms with Gasteiger partial charge in [-0.25, -0.2) is 4.79 Å². The number of carbonyl (C=O) groups excluding carboxylic acids is 1. The highest BCUT2D eigenvalue weighted by atomic mass is 32.2. The van der Waals surface area contributed by atoms with Crippen molar-refractivity contribution >= 4 is 26.2 Å². The van der Waals surface area contributed by atoms with Gasteiger partial charge < -0.3 is 4.74 Å². The summed E-state index contributed by atoms with van der Waals surface area (Å²) >= 11 is 0. The first-order valence-corrected chi connectivity index (χ1v) is 8.83. The molecule has 0 radical (unpaired) electrons. The molecule has 8 nitrogen and oxygen atoms in total. The molecule has 0 spiro atoms. The average Bonchev–Trinajstić information content (AvgIpc) is 2.46. The molecule has 0 aliphatic carbocycles. The second-order valence-corrected chi connectivity index (χ2v) is 7.18. The fourth-order valence-corrected chi connectivity index (χ4v) is 2.57. The Kier molecular flexibility index (Phi) is 4.52. The third-order valence-corrected chi connectivity index (χ3v) is 4.46. The number of benzene rings is 2. The van der Waals surface area contributed by atoms with Crippen LogP contribution < -0.4 is 4.74 Å². The maximum Gasteiger partial charge on any atom is 0.343 e. The summed E-state index contributed by atoms with van der Waals surface area (Å²) < 4.78 is 66.2. The second-order valence-electron chi connectivity index (χ2n) is 4.34. The van der Waals surface area contributed by atoms with Crippen molar-refractivity contribution in [2.24, 2.45) is 0 Å². The molecular formula is C13H10O8S2. The van der Waals surface area contributed by atoms with E-state index in [0.717, 1.165) is 36.4 Å². The molecule has 2 aromatic rings. The highest BCUT2D eigenvalue weighted by molar-refractivity contribution is 7.86. The molecule has 0 fully saturated rings. The molecule has 0 amide bonds. The normalized spacial score (nSPS) is 11.9. The van der Waals surface area contributed by atoms with Gasteiger partial charge in [0.2, 0.25) is 0 Å². The van der Waals surface area contributed by atoms with Crippen molar-refractivity contribution in [3.63, 3.8) is 0 Å². The molecule has 0 heterocycles. The zero-order valence-electron chi connectivity index (χ0n) is 11.3. The van der Waals surface area contributed by atoms with Crippen LogP contribution in [0.5, 0.6) is 5.75 Å². The van der Waals surface area contributed by atoms with Crippen LogP contribution in [0, 0.1) is 0 Å². The third kappa shape index (κ3) is 4.36. The Morgan fingerprint density at radius 2 is 1.13 bits per heavy atom. The van der Waals surface area contributed by atoms with Crippen molar-refractivity contribution < 1.29 is 35.5 Å². The minimum Gasteiger partial charge on any atom is -0.423 e. The van der Waals surface area contributed by atoms with E-state index in [1.54, 1.807) is 0 Å². The summed E-state index contributed by atoms with van der Waals surface area (Å²) in [6, 6.07) is 8.83. The SMILES string of the molecule is O=C(Oc1ccc(S(=O)(=O)O)cc1)c1ccc(S(=O)(=O)O)cc1. The fraction of sp³-hybridized carbons (Fsp3) is 0. The molecule has 10 heteroatoms. The van der Waals surface area contributed by atoms with E-state index in [9.17, 15) is 21.6 Å². The van der Waals surface area contributed by atoms with E-state index >= 15 is 0 Å². The van der Waals surface area contributed by atoms with Gasteiger partial charge in [-0.1, -0.05) is 0 Å². The maximum atomic E-state index is 11.9. The van der Waals surface area contributed by atoms with Crippen LogP contribution in [0.4, 0.5) is 0 Å². The predicted molar refractivity (Wildman–Crippen MR) is 77.5 cm³/mol. The zero-order valence-corrected chi connectivity index (χ0v) is 12.9. The van der Waals surface area contributed by atoms with Gasteiger partial charge in [0.1, 0.15) is 5.75 Å². The highest BCUT2D eigenvalue weighted by Crippen LogP contribution is 2.18. The molecule has 2 aromatic carbocycles. The number of ether oxygens (including phenoxy) is 1. The van der Waals surface area contributed by atoms with Crippen molar-refractivity contribution in [3.05, 3.63) is 54.1 Å². The summed E-state index contributed by atoms with van der Waals surface area (Å²) in [5, 5.41) is 0. The topological polar surface area (TPSA) is 135 Å². The minimum absolute atomic E-state index is 0.0243. The lowest BCUT2D eigenvalue weighted by atomic mass is 10.2. The number of carbonyl (C=O) groups is 1. The van der Waals surface area contributed by atoms with Gasteiger partial charge in [-0.3, -0.25) is 9.11 Å². The molecule has 0 bridgehead atoms. The lowest BCUT2D eigenvalue weighted by Gasteiger charge is -2.05. The Bertz CT molecular complexity index is 926. The lowest BCUT2D eigenvalue weighted by molar-refractivity contribution is 0.0734. The third-order valence-electron chi connectivity index (χ3n) is 2.72. The van der Waals surface area contributed by atoms with Crippen LogP contribution in [0.25, 0.3) is 0 Å². The standard InChI is InChI=1S/C13H10O8S2/c14-13(9-1-5-11(6-2-9)22(15,16)17)21-10-3-7-12(8-4-10)23(18,19)20/h1-8H,(H,15,16,17)(H,18,19,20). The van der Waals surface area contributed by atoms with E-state index in [0.29, 0.717) is 0 Å². The molecule has 122 valence electrons. The summed E-state index contributed by atoms with van der Waals surface area (Å²) in [5.41, 5.74) is 0.0243. The first-order chi connectivity index (χ1) is 10.6. The Balaban J connectivity index is 2.16. The molecular weight excluding hydrogens is 348 g/mol. The molecule has 0 aliphatic rings. The van der Waals surface area contributed by atoms with Crippen molar-refractivity contribution in [2.75, 3.05) is 0 Å². The van der Waals surface area contributed by atoms with Crippen LogP contribution >= 0.6 is 0 Å². The summed E-state index contributed by atoms with van der Waals surface area (Å²) in [5.74, 6) is -0.784. The largest absolute Gasteiger partial charge is 0.423 e. The van der Waals surface area contributed by atoms with E-state index in [1.165, 1.54) is 12.1 Å². The fourth-order valence-electron chi connectivity index (χ4n) is 1.61. The van der Waals surface area contributed by atoms with Crippen LogP contribution in [-0.2, 0) is 20.2 Å². The van der Waals surface area contributed by atoms with E-state index in [2.05, 4.69) is 0 Å². The van der Waals surface area contributed by atoms with Gasteiger partial charge in [0, 0.05) is 0 Å². The lowest BCUT2D eigenvalue weighted by Crippen LogP contribution is -2.09. The first-order valence-electron chi connectivity index (χ1n) is 5.95. The summed E-state index contributed by atoms with van der Waals surface area (Å²) in [6.45, 7) is 0. The zero-order chi connectivity index (χ0) is 17.3. The average molecular weight is 358 g/mol. The van der Waals surface area contributed by atoms with Crippen molar-refractivity contribution in [1.82, 2.24) is 0 Å². The molecule has 0 saturated carbocycles. The second kappa shape index (κ2) is 6.08. The van der Waals surface area contributed by atoms with Gasteiger partial charge in [-0.15, -0.1) is 0 Å². The van der Waals surface area contributed by atoms with Gasteiger partial charge in [0.05, 0.1) is 15.4 Å². The van der Waals surface area contributed by atoms with Crippen molar-refractivity contribution in [2.45, 2.75) is 9.79 Å². The molecule has 0 aromatic heterocycles. The van der Waals surface area contributed by atoms with E-state index in [-0.39, 0.29) is 21.1 Å².